The molecule has 1 fully saturated rings. The summed E-state index contributed by atoms with van der Waals surface area (Å²) >= 11 is 1.89. The number of likely N-dealkylation sites (tertiary alicyclic amines) is 1. The minimum absolute atomic E-state index is 0.824. The number of hydrogen-bond acceptors (Lipinski definition) is 3. The first-order valence-corrected chi connectivity index (χ1v) is 9.60. The minimum atomic E-state index is 0.824. The minimum Gasteiger partial charge on any atom is -0.492 e. The Morgan fingerprint density at radius 3 is 2.67 bits per heavy atom. The molecular formula is C21H21NOS. The first-order valence-electron chi connectivity index (χ1n) is 8.78. The van der Waals surface area contributed by atoms with Crippen molar-refractivity contribution in [3.05, 3.63) is 58.7 Å². The van der Waals surface area contributed by atoms with Gasteiger partial charge in [-0.2, -0.15) is 0 Å². The lowest BCUT2D eigenvalue weighted by molar-refractivity contribution is 0.313. The molecule has 0 atom stereocenters. The lowest BCUT2D eigenvalue weighted by atomic mass is 9.87. The van der Waals surface area contributed by atoms with Gasteiger partial charge in [0.05, 0.1) is 11.5 Å². The van der Waals surface area contributed by atoms with E-state index in [-0.39, 0.29) is 0 Å². The van der Waals surface area contributed by atoms with E-state index in [0.717, 1.165) is 31.9 Å². The van der Waals surface area contributed by atoms with Crippen molar-refractivity contribution in [2.24, 2.45) is 0 Å². The van der Waals surface area contributed by atoms with Gasteiger partial charge in [-0.3, -0.25) is 0 Å². The van der Waals surface area contributed by atoms with Gasteiger partial charge >= 0.3 is 0 Å². The average Bonchev–Trinajstić information content (AvgIpc) is 3.10. The second-order valence-electron chi connectivity index (χ2n) is 6.91. The molecule has 0 N–H and O–H groups in total. The fourth-order valence-corrected chi connectivity index (χ4v) is 5.27. The van der Waals surface area contributed by atoms with E-state index in [9.17, 15) is 0 Å². The Bertz CT molecular complexity index is 845. The molecule has 0 aliphatic carbocycles. The lowest BCUT2D eigenvalue weighted by Crippen LogP contribution is -2.27. The highest BCUT2D eigenvalue weighted by atomic mass is 32.2. The molecule has 0 bridgehead atoms. The third-order valence-corrected chi connectivity index (χ3v) is 6.58. The van der Waals surface area contributed by atoms with E-state index in [1.165, 1.54) is 44.9 Å². The summed E-state index contributed by atoms with van der Waals surface area (Å²) in [6, 6.07) is 13.5. The van der Waals surface area contributed by atoms with Crippen LogP contribution >= 0.6 is 11.8 Å². The summed E-state index contributed by atoms with van der Waals surface area (Å²) < 4.78 is 6.01. The number of hydrogen-bond donors (Lipinski definition) is 0. The molecule has 0 spiro atoms. The SMILES string of the molecule is CN1CCC(=C2c3ccccc3Sc3c2ccc2c3OCC2)CC1. The maximum Gasteiger partial charge on any atom is 0.137 e. The first-order chi connectivity index (χ1) is 11.8. The fourth-order valence-electron chi connectivity index (χ4n) is 4.06. The zero-order valence-corrected chi connectivity index (χ0v) is 14.8. The van der Waals surface area contributed by atoms with Crippen LogP contribution in [0.15, 0.2) is 51.8 Å². The number of benzene rings is 2. The van der Waals surface area contributed by atoms with Crippen LogP contribution in [0.5, 0.6) is 5.75 Å². The van der Waals surface area contributed by atoms with Gasteiger partial charge in [-0.25, -0.2) is 0 Å². The fraction of sp³-hybridized carbons (Fsp3) is 0.333. The van der Waals surface area contributed by atoms with Gasteiger partial charge in [0.2, 0.25) is 0 Å². The molecule has 2 aromatic carbocycles. The molecule has 0 amide bonds. The molecule has 0 aromatic heterocycles. The zero-order valence-electron chi connectivity index (χ0n) is 14.0. The van der Waals surface area contributed by atoms with Crippen molar-refractivity contribution in [1.29, 1.82) is 0 Å². The molecule has 0 saturated carbocycles. The number of nitrogens with zero attached hydrogens (tertiary/aromatic N) is 1. The molecule has 3 aliphatic rings. The summed E-state index contributed by atoms with van der Waals surface area (Å²) in [5.74, 6) is 1.14. The quantitative estimate of drug-likeness (QED) is 0.595. The second kappa shape index (κ2) is 5.68. The van der Waals surface area contributed by atoms with E-state index < -0.39 is 0 Å². The van der Waals surface area contributed by atoms with Crippen LogP contribution in [0.3, 0.4) is 0 Å². The maximum atomic E-state index is 6.01. The average molecular weight is 335 g/mol. The Labute approximate surface area is 147 Å². The molecule has 0 radical (unpaired) electrons. The molecule has 0 unspecified atom stereocenters. The molecule has 3 aliphatic heterocycles. The van der Waals surface area contributed by atoms with Crippen molar-refractivity contribution in [3.63, 3.8) is 0 Å². The van der Waals surface area contributed by atoms with Crippen LogP contribution in [-0.2, 0) is 6.42 Å². The van der Waals surface area contributed by atoms with Crippen LogP contribution in [0.1, 0.15) is 29.5 Å². The third-order valence-electron chi connectivity index (χ3n) is 5.39. The summed E-state index contributed by atoms with van der Waals surface area (Å²) in [5.41, 5.74) is 7.26. The van der Waals surface area contributed by atoms with Crippen molar-refractivity contribution >= 4 is 17.3 Å². The number of ether oxygens (including phenoxy) is 1. The van der Waals surface area contributed by atoms with Crippen LogP contribution < -0.4 is 4.74 Å². The highest BCUT2D eigenvalue weighted by Gasteiger charge is 2.29. The normalized spacial score (nSPS) is 19.5. The summed E-state index contributed by atoms with van der Waals surface area (Å²) in [4.78, 5) is 5.14. The Morgan fingerprint density at radius 2 is 1.79 bits per heavy atom. The second-order valence-corrected chi connectivity index (χ2v) is 7.96. The van der Waals surface area contributed by atoms with Crippen molar-refractivity contribution in [2.45, 2.75) is 29.1 Å². The summed E-state index contributed by atoms with van der Waals surface area (Å²) in [7, 11) is 2.22. The smallest absolute Gasteiger partial charge is 0.137 e. The topological polar surface area (TPSA) is 12.5 Å². The number of piperidine rings is 1. The Hall–Kier alpha value is -1.71. The van der Waals surface area contributed by atoms with Crippen LogP contribution in [-0.4, -0.2) is 31.6 Å². The summed E-state index contributed by atoms with van der Waals surface area (Å²) in [6.07, 6.45) is 3.38. The molecule has 24 heavy (non-hydrogen) atoms. The highest BCUT2D eigenvalue weighted by molar-refractivity contribution is 7.99. The summed E-state index contributed by atoms with van der Waals surface area (Å²) in [6.45, 7) is 3.14. The Balaban J connectivity index is 1.74. The van der Waals surface area contributed by atoms with Gasteiger partial charge in [0, 0.05) is 24.4 Å². The highest BCUT2D eigenvalue weighted by Crippen LogP contribution is 2.52. The predicted molar refractivity (Wildman–Crippen MR) is 99.0 cm³/mol. The van der Waals surface area contributed by atoms with Crippen molar-refractivity contribution < 1.29 is 4.74 Å². The lowest BCUT2D eigenvalue weighted by Gasteiger charge is -2.30. The van der Waals surface area contributed by atoms with E-state index >= 15 is 0 Å². The molecule has 2 nitrogen and oxygen atoms in total. The van der Waals surface area contributed by atoms with Crippen LogP contribution in [0, 0.1) is 0 Å². The van der Waals surface area contributed by atoms with Gasteiger partial charge in [0.1, 0.15) is 5.75 Å². The molecule has 5 rings (SSSR count). The van der Waals surface area contributed by atoms with Gasteiger partial charge in [0.25, 0.3) is 0 Å². The van der Waals surface area contributed by atoms with Gasteiger partial charge < -0.3 is 9.64 Å². The molecular weight excluding hydrogens is 314 g/mol. The van der Waals surface area contributed by atoms with Gasteiger partial charge in [-0.05, 0) is 48.2 Å². The number of fused-ring (bicyclic) bond motifs is 4. The van der Waals surface area contributed by atoms with Crippen LogP contribution in [0.4, 0.5) is 0 Å². The third kappa shape index (κ3) is 2.22. The molecule has 1 saturated heterocycles. The first kappa shape index (κ1) is 14.6. The van der Waals surface area contributed by atoms with E-state index in [2.05, 4.69) is 48.3 Å². The standard InChI is InChI=1S/C21H21NOS/c1-22-11-8-14(9-12-22)19-16-4-2-3-5-18(16)24-21-17(19)7-6-15-10-13-23-20(15)21/h2-7H,8-13H2,1H3. The summed E-state index contributed by atoms with van der Waals surface area (Å²) in [5, 5.41) is 0. The monoisotopic (exact) mass is 335 g/mol. The van der Waals surface area contributed by atoms with E-state index in [4.69, 9.17) is 4.74 Å². The van der Waals surface area contributed by atoms with E-state index in [1.54, 1.807) is 5.57 Å². The Kier molecular flexibility index (Phi) is 3.46. The zero-order chi connectivity index (χ0) is 16.1. The van der Waals surface area contributed by atoms with E-state index in [0.29, 0.717) is 0 Å². The van der Waals surface area contributed by atoms with Gasteiger partial charge in [-0.1, -0.05) is 47.7 Å². The molecule has 3 heterocycles. The van der Waals surface area contributed by atoms with Gasteiger partial charge in [0.15, 0.2) is 0 Å². The molecule has 122 valence electrons. The van der Waals surface area contributed by atoms with Crippen molar-refractivity contribution in [2.75, 3.05) is 26.7 Å². The predicted octanol–water partition coefficient (Wildman–Crippen LogP) is 4.61. The molecule has 3 heteroatoms. The number of rotatable bonds is 0. The van der Waals surface area contributed by atoms with Crippen LogP contribution in [0.2, 0.25) is 0 Å². The van der Waals surface area contributed by atoms with E-state index in [1.807, 2.05) is 11.8 Å². The van der Waals surface area contributed by atoms with Crippen molar-refractivity contribution in [3.8, 4) is 5.75 Å². The van der Waals surface area contributed by atoms with Crippen LogP contribution in [0.25, 0.3) is 5.57 Å². The van der Waals surface area contributed by atoms with Gasteiger partial charge in [-0.15, -0.1) is 0 Å². The molecule has 2 aromatic rings. The maximum absolute atomic E-state index is 6.01. The largest absolute Gasteiger partial charge is 0.492 e. The van der Waals surface area contributed by atoms with Crippen molar-refractivity contribution in [1.82, 2.24) is 4.90 Å². The Morgan fingerprint density at radius 1 is 0.958 bits per heavy atom.